The molecule has 0 spiro atoms. The maximum Gasteiger partial charge on any atom is 0.271 e. The number of nitrogens with one attached hydrogen (secondary N) is 1. The van der Waals surface area contributed by atoms with Crippen molar-refractivity contribution in [2.45, 2.75) is 20.0 Å². The molecule has 0 aromatic heterocycles. The summed E-state index contributed by atoms with van der Waals surface area (Å²) in [4.78, 5) is 12.6. The van der Waals surface area contributed by atoms with Crippen molar-refractivity contribution in [1.82, 2.24) is 5.43 Å². The molecule has 0 atom stereocenters. The number of hydrazone groups is 1. The molecule has 0 saturated heterocycles. The van der Waals surface area contributed by atoms with Crippen molar-refractivity contribution in [3.05, 3.63) is 86.1 Å². The Morgan fingerprint density at radius 1 is 1.06 bits per heavy atom. The van der Waals surface area contributed by atoms with Gasteiger partial charge in [-0.25, -0.2) is 9.82 Å². The largest absolute Gasteiger partial charge is 0.493 e. The van der Waals surface area contributed by atoms with Crippen molar-refractivity contribution in [2.24, 2.45) is 5.10 Å². The molecule has 0 heterocycles. The predicted molar refractivity (Wildman–Crippen MR) is 136 cm³/mol. The van der Waals surface area contributed by atoms with Gasteiger partial charge in [-0.1, -0.05) is 35.0 Å². The van der Waals surface area contributed by atoms with Gasteiger partial charge in [0.05, 0.1) is 24.4 Å². The van der Waals surface area contributed by atoms with Crippen LogP contribution in [0.25, 0.3) is 0 Å². The smallest absolute Gasteiger partial charge is 0.271 e. The molecule has 3 aromatic rings. The number of halogens is 3. The highest BCUT2D eigenvalue weighted by atomic mass is 79.9. The predicted octanol–water partition coefficient (Wildman–Crippen LogP) is 6.49. The second-order valence-electron chi connectivity index (χ2n) is 7.13. The SMILES string of the molecule is CCCOc1ccc(C(=O)N/N=C/c2cc(Br)cc(Br)c2OCc2ccc(F)cc2)cc1OC. The number of carbonyl (C=O) groups is 1. The van der Waals surface area contributed by atoms with Crippen molar-refractivity contribution in [3.63, 3.8) is 0 Å². The molecule has 178 valence electrons. The van der Waals surface area contributed by atoms with E-state index in [-0.39, 0.29) is 12.4 Å². The van der Waals surface area contributed by atoms with Crippen molar-refractivity contribution in [1.29, 1.82) is 0 Å². The minimum absolute atomic E-state index is 0.236. The summed E-state index contributed by atoms with van der Waals surface area (Å²) in [6, 6.07) is 14.7. The fraction of sp³-hybridized carbons (Fsp3) is 0.200. The van der Waals surface area contributed by atoms with Crippen LogP contribution in [-0.2, 0) is 6.61 Å². The highest BCUT2D eigenvalue weighted by molar-refractivity contribution is 9.11. The van der Waals surface area contributed by atoms with Gasteiger partial charge in [0.2, 0.25) is 0 Å². The summed E-state index contributed by atoms with van der Waals surface area (Å²) in [5, 5.41) is 4.09. The topological polar surface area (TPSA) is 69.2 Å². The van der Waals surface area contributed by atoms with Crippen LogP contribution in [0.4, 0.5) is 4.39 Å². The maximum atomic E-state index is 13.1. The summed E-state index contributed by atoms with van der Waals surface area (Å²) in [7, 11) is 1.52. The number of nitrogens with zero attached hydrogens (tertiary/aromatic N) is 1. The van der Waals surface area contributed by atoms with Crippen LogP contribution >= 0.6 is 31.9 Å². The summed E-state index contributed by atoms with van der Waals surface area (Å²) in [5.41, 5.74) is 4.33. The van der Waals surface area contributed by atoms with Crippen LogP contribution in [0.3, 0.4) is 0 Å². The molecule has 6 nitrogen and oxygen atoms in total. The summed E-state index contributed by atoms with van der Waals surface area (Å²) in [6.45, 7) is 2.80. The quantitative estimate of drug-likeness (QED) is 0.215. The van der Waals surface area contributed by atoms with E-state index in [4.69, 9.17) is 14.2 Å². The summed E-state index contributed by atoms with van der Waals surface area (Å²) in [5.74, 6) is 0.866. The average Bonchev–Trinajstić information content (AvgIpc) is 2.83. The minimum atomic E-state index is -0.403. The molecule has 34 heavy (non-hydrogen) atoms. The molecular formula is C25H23Br2FN2O4. The first kappa shape index (κ1) is 25.7. The van der Waals surface area contributed by atoms with Gasteiger partial charge < -0.3 is 14.2 Å². The van der Waals surface area contributed by atoms with Gasteiger partial charge in [0.1, 0.15) is 18.2 Å². The number of methoxy groups -OCH3 is 1. The first-order chi connectivity index (χ1) is 16.4. The Balaban J connectivity index is 1.72. The van der Waals surface area contributed by atoms with Gasteiger partial charge in [-0.3, -0.25) is 4.79 Å². The van der Waals surface area contributed by atoms with E-state index < -0.39 is 5.91 Å². The summed E-state index contributed by atoms with van der Waals surface area (Å²) >= 11 is 6.94. The summed E-state index contributed by atoms with van der Waals surface area (Å²) < 4.78 is 31.5. The van der Waals surface area contributed by atoms with Gasteiger partial charge in [0.15, 0.2) is 11.5 Å². The number of benzene rings is 3. The number of rotatable bonds is 10. The number of carbonyl (C=O) groups excluding carboxylic acids is 1. The third-order valence-corrected chi connectivity index (χ3v) is 5.64. The van der Waals surface area contributed by atoms with E-state index in [1.165, 1.54) is 25.5 Å². The zero-order valence-corrected chi connectivity index (χ0v) is 21.8. The molecule has 3 aromatic carbocycles. The van der Waals surface area contributed by atoms with Crippen LogP contribution in [0.15, 0.2) is 68.6 Å². The molecule has 0 bridgehead atoms. The fourth-order valence-corrected chi connectivity index (χ4v) is 4.30. The Bertz CT molecular complexity index is 1170. The first-order valence-corrected chi connectivity index (χ1v) is 12.0. The molecule has 0 aliphatic heterocycles. The van der Waals surface area contributed by atoms with Gasteiger partial charge in [0, 0.05) is 15.6 Å². The highest BCUT2D eigenvalue weighted by Crippen LogP contribution is 2.33. The Morgan fingerprint density at radius 2 is 1.82 bits per heavy atom. The zero-order chi connectivity index (χ0) is 24.5. The number of amides is 1. The minimum Gasteiger partial charge on any atom is -0.493 e. The Morgan fingerprint density at radius 3 is 2.53 bits per heavy atom. The van der Waals surface area contributed by atoms with Crippen molar-refractivity contribution in [2.75, 3.05) is 13.7 Å². The average molecular weight is 594 g/mol. The Hall–Kier alpha value is -2.91. The van der Waals surface area contributed by atoms with E-state index in [0.717, 1.165) is 16.5 Å². The second kappa shape index (κ2) is 12.5. The molecule has 0 unspecified atom stereocenters. The molecular weight excluding hydrogens is 571 g/mol. The molecule has 0 aliphatic carbocycles. The van der Waals surface area contributed by atoms with Crippen molar-refractivity contribution < 1.29 is 23.4 Å². The van der Waals surface area contributed by atoms with E-state index in [2.05, 4.69) is 42.4 Å². The van der Waals surface area contributed by atoms with Gasteiger partial charge in [0.25, 0.3) is 5.91 Å². The van der Waals surface area contributed by atoms with E-state index in [1.807, 2.05) is 19.1 Å². The van der Waals surface area contributed by atoms with Crippen molar-refractivity contribution >= 4 is 44.0 Å². The zero-order valence-electron chi connectivity index (χ0n) is 18.6. The van der Waals surface area contributed by atoms with Crippen LogP contribution in [0.1, 0.15) is 34.8 Å². The third-order valence-electron chi connectivity index (χ3n) is 4.59. The first-order valence-electron chi connectivity index (χ1n) is 10.4. The van der Waals surface area contributed by atoms with Gasteiger partial charge >= 0.3 is 0 Å². The molecule has 0 fully saturated rings. The molecule has 0 saturated carbocycles. The number of hydrogen-bond donors (Lipinski definition) is 1. The standard InChI is InChI=1S/C25H23Br2FN2O4/c1-3-10-33-22-9-6-17(12-23(22)32-2)25(31)30-29-14-18-11-19(26)13-21(27)24(18)34-15-16-4-7-20(28)8-5-16/h4-9,11-14H,3,10,15H2,1-2H3,(H,30,31)/b29-14+. The second-order valence-corrected chi connectivity index (χ2v) is 8.90. The van der Waals surface area contributed by atoms with E-state index >= 15 is 0 Å². The Kier molecular flexibility index (Phi) is 9.47. The van der Waals surface area contributed by atoms with Gasteiger partial charge in [-0.15, -0.1) is 0 Å². The van der Waals surface area contributed by atoms with Crippen LogP contribution in [0.2, 0.25) is 0 Å². The fourth-order valence-electron chi connectivity index (χ4n) is 2.93. The molecule has 0 radical (unpaired) electrons. The third kappa shape index (κ3) is 7.04. The highest BCUT2D eigenvalue weighted by Gasteiger charge is 2.12. The number of ether oxygens (including phenoxy) is 3. The van der Waals surface area contributed by atoms with E-state index in [0.29, 0.717) is 39.5 Å². The lowest BCUT2D eigenvalue weighted by molar-refractivity contribution is 0.0954. The summed E-state index contributed by atoms with van der Waals surface area (Å²) in [6.07, 6.45) is 2.35. The normalized spacial score (nSPS) is 10.9. The van der Waals surface area contributed by atoms with Crippen LogP contribution in [0.5, 0.6) is 17.2 Å². The van der Waals surface area contributed by atoms with Crippen molar-refractivity contribution in [3.8, 4) is 17.2 Å². The van der Waals surface area contributed by atoms with Gasteiger partial charge in [-0.05, 0) is 70.4 Å². The van der Waals surface area contributed by atoms with Gasteiger partial charge in [-0.2, -0.15) is 5.10 Å². The van der Waals surface area contributed by atoms with Crippen LogP contribution in [0, 0.1) is 5.82 Å². The molecule has 0 aliphatic rings. The molecule has 3 rings (SSSR count). The van der Waals surface area contributed by atoms with E-state index in [9.17, 15) is 9.18 Å². The van der Waals surface area contributed by atoms with E-state index in [1.54, 1.807) is 30.3 Å². The van der Waals surface area contributed by atoms with Crippen LogP contribution in [-0.4, -0.2) is 25.8 Å². The number of hydrogen-bond acceptors (Lipinski definition) is 5. The lowest BCUT2D eigenvalue weighted by Crippen LogP contribution is -2.17. The molecule has 1 N–H and O–H groups in total. The lowest BCUT2D eigenvalue weighted by atomic mass is 10.2. The molecule has 1 amide bonds. The lowest BCUT2D eigenvalue weighted by Gasteiger charge is -2.12. The maximum absolute atomic E-state index is 13.1. The molecule has 9 heteroatoms. The monoisotopic (exact) mass is 592 g/mol. The van der Waals surface area contributed by atoms with Crippen LogP contribution < -0.4 is 19.6 Å². The Labute approximate surface area is 214 Å².